The minimum Gasteiger partial charge on any atom is -0.497 e. The summed E-state index contributed by atoms with van der Waals surface area (Å²) < 4.78 is 15.7. The van der Waals surface area contributed by atoms with E-state index in [2.05, 4.69) is 20.3 Å². The van der Waals surface area contributed by atoms with Gasteiger partial charge in [-0.2, -0.15) is 0 Å². The van der Waals surface area contributed by atoms with Crippen LogP contribution in [-0.2, 0) is 16.1 Å². The highest BCUT2D eigenvalue weighted by Gasteiger charge is 2.25. The van der Waals surface area contributed by atoms with Crippen molar-refractivity contribution in [3.05, 3.63) is 52.7 Å². The van der Waals surface area contributed by atoms with E-state index in [0.29, 0.717) is 10.6 Å². The van der Waals surface area contributed by atoms with E-state index in [0.717, 1.165) is 61.1 Å². The van der Waals surface area contributed by atoms with Gasteiger partial charge in [0.1, 0.15) is 22.1 Å². The first-order valence-corrected chi connectivity index (χ1v) is 12.4. The van der Waals surface area contributed by atoms with Gasteiger partial charge in [0.05, 0.1) is 26.0 Å². The Bertz CT molecular complexity index is 1150. The molecule has 0 saturated carbocycles. The van der Waals surface area contributed by atoms with Gasteiger partial charge in [-0.05, 0) is 31.5 Å². The van der Waals surface area contributed by atoms with Gasteiger partial charge in [-0.25, -0.2) is 4.79 Å². The van der Waals surface area contributed by atoms with E-state index < -0.39 is 5.97 Å². The molecule has 1 aliphatic rings. The molecule has 1 amide bonds. The summed E-state index contributed by atoms with van der Waals surface area (Å²) in [6.07, 6.45) is 0. The van der Waals surface area contributed by atoms with Crippen molar-refractivity contribution in [3.63, 3.8) is 0 Å². The van der Waals surface area contributed by atoms with Gasteiger partial charge in [-0.1, -0.05) is 17.3 Å². The second-order valence-electron chi connectivity index (χ2n) is 8.33. The maximum Gasteiger partial charge on any atom is 0.341 e. The lowest BCUT2D eigenvalue weighted by Gasteiger charge is -2.33. The maximum absolute atomic E-state index is 12.9. The highest BCUT2D eigenvalue weighted by atomic mass is 32.1. The SMILES string of the molecule is CCOC(=O)c1c(-c2ccc(OC)cc2)csc1NC(=O)CN1CCN(Cc2cc(C)on2)CC1. The predicted molar refractivity (Wildman–Crippen MR) is 134 cm³/mol. The van der Waals surface area contributed by atoms with Crippen molar-refractivity contribution in [2.24, 2.45) is 0 Å². The van der Waals surface area contributed by atoms with E-state index in [1.54, 1.807) is 14.0 Å². The molecule has 3 heterocycles. The molecule has 1 aliphatic heterocycles. The third-order valence-corrected chi connectivity index (χ3v) is 6.71. The number of rotatable bonds is 9. The Labute approximate surface area is 208 Å². The molecular weight excluding hydrogens is 468 g/mol. The molecular formula is C25H30N4O5S. The van der Waals surface area contributed by atoms with Crippen molar-refractivity contribution in [2.45, 2.75) is 20.4 Å². The summed E-state index contributed by atoms with van der Waals surface area (Å²) in [5, 5.41) is 9.36. The number of nitrogens with one attached hydrogen (secondary N) is 1. The van der Waals surface area contributed by atoms with Crippen molar-refractivity contribution in [3.8, 4) is 16.9 Å². The van der Waals surface area contributed by atoms with Gasteiger partial charge < -0.3 is 19.3 Å². The topological polar surface area (TPSA) is 97.1 Å². The zero-order valence-electron chi connectivity index (χ0n) is 20.2. The van der Waals surface area contributed by atoms with Crippen molar-refractivity contribution in [2.75, 3.05) is 51.8 Å². The molecule has 0 bridgehead atoms. The van der Waals surface area contributed by atoms with Crippen molar-refractivity contribution < 1.29 is 23.6 Å². The van der Waals surface area contributed by atoms with Crippen LogP contribution in [0.5, 0.6) is 5.75 Å². The molecule has 4 rings (SSSR count). The van der Waals surface area contributed by atoms with E-state index in [1.807, 2.05) is 42.6 Å². The number of carbonyl (C=O) groups is 2. The predicted octanol–water partition coefficient (Wildman–Crippen LogP) is 3.65. The van der Waals surface area contributed by atoms with Crippen LogP contribution in [0.3, 0.4) is 0 Å². The molecule has 2 aromatic heterocycles. The van der Waals surface area contributed by atoms with Crippen LogP contribution in [-0.4, -0.2) is 73.3 Å². The van der Waals surface area contributed by atoms with Crippen LogP contribution in [0.25, 0.3) is 11.1 Å². The molecule has 35 heavy (non-hydrogen) atoms. The first-order valence-electron chi connectivity index (χ1n) is 11.6. The van der Waals surface area contributed by atoms with E-state index in [9.17, 15) is 9.59 Å². The summed E-state index contributed by atoms with van der Waals surface area (Å²) in [6, 6.07) is 9.39. The summed E-state index contributed by atoms with van der Waals surface area (Å²) in [5.41, 5.74) is 2.88. The lowest BCUT2D eigenvalue weighted by atomic mass is 10.0. The lowest BCUT2D eigenvalue weighted by Crippen LogP contribution is -2.48. The second-order valence-corrected chi connectivity index (χ2v) is 9.21. The zero-order valence-corrected chi connectivity index (χ0v) is 21.0. The van der Waals surface area contributed by atoms with E-state index in [1.165, 1.54) is 11.3 Å². The standard InChI is InChI=1S/C25H30N4O5S/c1-4-33-25(31)23-21(18-5-7-20(32-3)8-6-18)16-35-24(23)26-22(30)15-29-11-9-28(10-12-29)14-19-13-17(2)34-27-19/h5-8,13,16H,4,9-12,14-15H2,1-3H3,(H,26,30). The Balaban J connectivity index is 1.38. The van der Waals surface area contributed by atoms with Gasteiger partial charge in [0.15, 0.2) is 0 Å². The number of methoxy groups -OCH3 is 1. The number of amides is 1. The summed E-state index contributed by atoms with van der Waals surface area (Å²) in [6.45, 7) is 8.13. The molecule has 0 aliphatic carbocycles. The summed E-state index contributed by atoms with van der Waals surface area (Å²) in [5.74, 6) is 0.929. The molecule has 3 aromatic rings. The summed E-state index contributed by atoms with van der Waals surface area (Å²) >= 11 is 1.32. The zero-order chi connectivity index (χ0) is 24.8. The molecule has 10 heteroatoms. The molecule has 0 spiro atoms. The van der Waals surface area contributed by atoms with Crippen LogP contribution in [0.15, 0.2) is 40.2 Å². The Kier molecular flexibility index (Phi) is 8.17. The normalized spacial score (nSPS) is 14.6. The van der Waals surface area contributed by atoms with Crippen LogP contribution in [0.1, 0.15) is 28.7 Å². The Morgan fingerprint density at radius 3 is 2.49 bits per heavy atom. The summed E-state index contributed by atoms with van der Waals surface area (Å²) in [7, 11) is 1.61. The van der Waals surface area contributed by atoms with Crippen LogP contribution < -0.4 is 10.1 Å². The van der Waals surface area contributed by atoms with E-state index >= 15 is 0 Å². The Hall–Kier alpha value is -3.21. The number of esters is 1. The third-order valence-electron chi connectivity index (χ3n) is 5.82. The molecule has 1 N–H and O–H groups in total. The first-order chi connectivity index (χ1) is 17.0. The number of nitrogens with zero attached hydrogens (tertiary/aromatic N) is 3. The van der Waals surface area contributed by atoms with Crippen LogP contribution >= 0.6 is 11.3 Å². The molecule has 0 unspecified atom stereocenters. The van der Waals surface area contributed by atoms with E-state index in [-0.39, 0.29) is 19.1 Å². The number of carbonyl (C=O) groups excluding carboxylic acids is 2. The lowest BCUT2D eigenvalue weighted by molar-refractivity contribution is -0.117. The fraction of sp³-hybridized carbons (Fsp3) is 0.400. The van der Waals surface area contributed by atoms with Crippen LogP contribution in [0, 0.1) is 6.92 Å². The number of anilines is 1. The van der Waals surface area contributed by atoms with Gasteiger partial charge in [0, 0.05) is 49.7 Å². The molecule has 0 radical (unpaired) electrons. The number of hydrogen-bond donors (Lipinski definition) is 1. The fourth-order valence-electron chi connectivity index (χ4n) is 4.04. The monoisotopic (exact) mass is 498 g/mol. The first kappa shape index (κ1) is 24.9. The van der Waals surface area contributed by atoms with Crippen molar-refractivity contribution in [1.29, 1.82) is 0 Å². The average Bonchev–Trinajstić information content (AvgIpc) is 3.46. The molecule has 1 aromatic carbocycles. The number of hydrogen-bond acceptors (Lipinski definition) is 9. The summed E-state index contributed by atoms with van der Waals surface area (Å²) in [4.78, 5) is 30.1. The van der Waals surface area contributed by atoms with Crippen LogP contribution in [0.4, 0.5) is 5.00 Å². The number of thiophene rings is 1. The molecule has 1 fully saturated rings. The van der Waals surface area contributed by atoms with Gasteiger partial charge in [0.2, 0.25) is 5.91 Å². The molecule has 0 atom stereocenters. The minimum absolute atomic E-state index is 0.153. The third kappa shape index (κ3) is 6.27. The largest absolute Gasteiger partial charge is 0.497 e. The number of aryl methyl sites for hydroxylation is 1. The van der Waals surface area contributed by atoms with Gasteiger partial charge >= 0.3 is 5.97 Å². The number of benzene rings is 1. The number of aromatic nitrogens is 1. The molecule has 9 nitrogen and oxygen atoms in total. The quantitative estimate of drug-likeness (QED) is 0.447. The van der Waals surface area contributed by atoms with Gasteiger partial charge in [-0.15, -0.1) is 11.3 Å². The van der Waals surface area contributed by atoms with Gasteiger partial charge in [-0.3, -0.25) is 14.6 Å². The second kappa shape index (κ2) is 11.5. The van der Waals surface area contributed by atoms with E-state index in [4.69, 9.17) is 14.0 Å². The number of piperazine rings is 1. The minimum atomic E-state index is -0.452. The van der Waals surface area contributed by atoms with Crippen molar-refractivity contribution >= 4 is 28.2 Å². The highest BCUT2D eigenvalue weighted by Crippen LogP contribution is 2.37. The van der Waals surface area contributed by atoms with Crippen molar-refractivity contribution in [1.82, 2.24) is 15.0 Å². The maximum atomic E-state index is 12.9. The van der Waals surface area contributed by atoms with Crippen LogP contribution in [0.2, 0.25) is 0 Å². The molecule has 1 saturated heterocycles. The smallest absolute Gasteiger partial charge is 0.341 e. The Morgan fingerprint density at radius 1 is 1.14 bits per heavy atom. The molecule has 186 valence electrons. The Morgan fingerprint density at radius 2 is 1.86 bits per heavy atom. The fourth-order valence-corrected chi connectivity index (χ4v) is 5.01. The average molecular weight is 499 g/mol. The highest BCUT2D eigenvalue weighted by molar-refractivity contribution is 7.15. The number of ether oxygens (including phenoxy) is 2. The van der Waals surface area contributed by atoms with Gasteiger partial charge in [0.25, 0.3) is 0 Å².